The molecule has 2 atom stereocenters. The molecule has 0 aliphatic rings. The monoisotopic (exact) mass is 392 g/mol. The Balaban J connectivity index is 2.29. The second-order valence-corrected chi connectivity index (χ2v) is 7.87. The summed E-state index contributed by atoms with van der Waals surface area (Å²) in [5.74, 6) is 0.183. The molecule has 144 valence electrons. The van der Waals surface area contributed by atoms with Crippen molar-refractivity contribution in [3.63, 3.8) is 0 Å². The summed E-state index contributed by atoms with van der Waals surface area (Å²) in [6.07, 6.45) is 8.87. The zero-order chi connectivity index (χ0) is 18.5. The molecule has 0 amide bonds. The molecular weight excluding hydrogens is 363 g/mol. The molecule has 0 radical (unpaired) electrons. The van der Waals surface area contributed by atoms with E-state index in [1.54, 1.807) is 12.1 Å². The lowest BCUT2D eigenvalue weighted by Gasteiger charge is -2.14. The summed E-state index contributed by atoms with van der Waals surface area (Å²) in [5.41, 5.74) is 1.17. The molecule has 0 saturated heterocycles. The second kappa shape index (κ2) is 12.7. The average Bonchev–Trinajstić information content (AvgIpc) is 2.60. The number of aliphatic hydroxyl groups is 1. The van der Waals surface area contributed by atoms with Gasteiger partial charge in [0.2, 0.25) is 0 Å². The average molecular weight is 393 g/mol. The van der Waals surface area contributed by atoms with Crippen molar-refractivity contribution in [1.29, 1.82) is 0 Å². The lowest BCUT2D eigenvalue weighted by molar-refractivity contribution is 0.101. The maximum Gasteiger partial charge on any atom is 0.527 e. The van der Waals surface area contributed by atoms with E-state index < -0.39 is 13.9 Å². The van der Waals surface area contributed by atoms with Crippen LogP contribution in [-0.2, 0) is 15.5 Å². The first-order chi connectivity index (χ1) is 12.0. The number of hydrogen-bond donors (Lipinski definition) is 2. The standard InChI is InChI=1S/C18H30ClO5P/c1-2-3-4-5-6-7-8-9-16-10-12-18(13-11-16)24-25(21,22)23-15-17(20)14-19/h10-13,17,20H,2-9,14-15H2,1H3,(H,21,22). The molecule has 0 saturated carbocycles. The predicted octanol–water partition coefficient (Wildman–Crippen LogP) is 5.08. The Hall–Kier alpha value is -0.580. The minimum Gasteiger partial charge on any atom is -0.404 e. The van der Waals surface area contributed by atoms with Crippen molar-refractivity contribution in [2.45, 2.75) is 64.4 Å². The number of halogens is 1. The highest BCUT2D eigenvalue weighted by Gasteiger charge is 2.24. The summed E-state index contributed by atoms with van der Waals surface area (Å²) in [5, 5.41) is 9.24. The van der Waals surface area contributed by atoms with Crippen molar-refractivity contribution in [3.8, 4) is 5.75 Å². The van der Waals surface area contributed by atoms with E-state index >= 15 is 0 Å². The van der Waals surface area contributed by atoms with E-state index in [9.17, 15) is 14.6 Å². The Morgan fingerprint density at radius 2 is 1.68 bits per heavy atom. The zero-order valence-corrected chi connectivity index (χ0v) is 16.6. The minimum atomic E-state index is -4.25. The first-order valence-corrected chi connectivity index (χ1v) is 11.0. The summed E-state index contributed by atoms with van der Waals surface area (Å²) < 4.78 is 21.4. The smallest absolute Gasteiger partial charge is 0.404 e. The van der Waals surface area contributed by atoms with Crippen molar-refractivity contribution in [3.05, 3.63) is 29.8 Å². The van der Waals surface area contributed by atoms with Gasteiger partial charge in [0, 0.05) is 0 Å². The Bertz CT molecular complexity index is 509. The van der Waals surface area contributed by atoms with Gasteiger partial charge in [-0.15, -0.1) is 11.6 Å². The van der Waals surface area contributed by atoms with E-state index in [1.165, 1.54) is 44.1 Å². The van der Waals surface area contributed by atoms with Crippen molar-refractivity contribution in [2.24, 2.45) is 0 Å². The van der Waals surface area contributed by atoms with Crippen LogP contribution in [0.5, 0.6) is 5.75 Å². The molecule has 0 aromatic heterocycles. The van der Waals surface area contributed by atoms with Crippen LogP contribution in [0.1, 0.15) is 57.4 Å². The number of aliphatic hydroxyl groups excluding tert-OH is 1. The quantitative estimate of drug-likeness (QED) is 0.262. The van der Waals surface area contributed by atoms with Crippen LogP contribution in [0.2, 0.25) is 0 Å². The second-order valence-electron chi connectivity index (χ2n) is 6.18. The lowest BCUT2D eigenvalue weighted by atomic mass is 10.0. The SMILES string of the molecule is CCCCCCCCCc1ccc(OP(=O)(O)OCC(O)CCl)cc1. The van der Waals surface area contributed by atoms with E-state index in [0.717, 1.165) is 12.8 Å². The van der Waals surface area contributed by atoms with Gasteiger partial charge in [0.1, 0.15) is 5.75 Å². The molecule has 2 unspecified atom stereocenters. The third kappa shape index (κ3) is 10.9. The highest BCUT2D eigenvalue weighted by atomic mass is 35.5. The van der Waals surface area contributed by atoms with Crippen LogP contribution in [0.15, 0.2) is 24.3 Å². The molecular formula is C18H30ClO5P. The van der Waals surface area contributed by atoms with Crippen molar-refractivity contribution < 1.29 is 23.6 Å². The van der Waals surface area contributed by atoms with Crippen LogP contribution in [0.3, 0.4) is 0 Å². The van der Waals surface area contributed by atoms with Crippen LogP contribution < -0.4 is 4.52 Å². The van der Waals surface area contributed by atoms with E-state index in [1.807, 2.05) is 12.1 Å². The molecule has 1 rings (SSSR count). The van der Waals surface area contributed by atoms with E-state index in [2.05, 4.69) is 6.92 Å². The molecule has 0 bridgehead atoms. The van der Waals surface area contributed by atoms with Gasteiger partial charge in [0.25, 0.3) is 0 Å². The number of hydrogen-bond acceptors (Lipinski definition) is 4. The number of benzene rings is 1. The topological polar surface area (TPSA) is 76.0 Å². The third-order valence-electron chi connectivity index (χ3n) is 3.82. The van der Waals surface area contributed by atoms with Gasteiger partial charge < -0.3 is 9.63 Å². The molecule has 0 aliphatic heterocycles. The molecule has 2 N–H and O–H groups in total. The fraction of sp³-hybridized carbons (Fsp3) is 0.667. The molecule has 0 spiro atoms. The first kappa shape index (κ1) is 22.5. The molecule has 1 aromatic rings. The van der Waals surface area contributed by atoms with Crippen molar-refractivity contribution in [2.75, 3.05) is 12.5 Å². The number of aryl methyl sites for hydroxylation is 1. The minimum absolute atomic E-state index is 0.0761. The van der Waals surface area contributed by atoms with E-state index in [0.29, 0.717) is 0 Å². The maximum atomic E-state index is 11.8. The van der Waals surface area contributed by atoms with Gasteiger partial charge in [-0.3, -0.25) is 9.42 Å². The fourth-order valence-electron chi connectivity index (χ4n) is 2.39. The number of rotatable bonds is 14. The molecule has 1 aromatic carbocycles. The first-order valence-electron chi connectivity index (χ1n) is 8.96. The van der Waals surface area contributed by atoms with Crippen LogP contribution in [0.25, 0.3) is 0 Å². The van der Waals surface area contributed by atoms with Gasteiger partial charge in [-0.05, 0) is 30.5 Å². The Labute approximate surface area is 155 Å². The van der Waals surface area contributed by atoms with Crippen LogP contribution in [0.4, 0.5) is 0 Å². The highest BCUT2D eigenvalue weighted by Crippen LogP contribution is 2.43. The number of phosphoric acid groups is 1. The summed E-state index contributed by atoms with van der Waals surface area (Å²) >= 11 is 5.40. The molecule has 0 aliphatic carbocycles. The summed E-state index contributed by atoms with van der Waals surface area (Å²) in [7, 11) is -4.25. The summed E-state index contributed by atoms with van der Waals surface area (Å²) in [6.45, 7) is 1.87. The maximum absolute atomic E-state index is 11.8. The van der Waals surface area contributed by atoms with Gasteiger partial charge in [0.15, 0.2) is 0 Å². The van der Waals surface area contributed by atoms with Gasteiger partial charge in [-0.1, -0.05) is 57.6 Å². The van der Waals surface area contributed by atoms with Crippen molar-refractivity contribution in [1.82, 2.24) is 0 Å². The Morgan fingerprint density at radius 3 is 2.28 bits per heavy atom. The Morgan fingerprint density at radius 1 is 1.08 bits per heavy atom. The van der Waals surface area contributed by atoms with Gasteiger partial charge >= 0.3 is 7.82 Å². The molecule has 0 heterocycles. The highest BCUT2D eigenvalue weighted by molar-refractivity contribution is 7.47. The molecule has 5 nitrogen and oxygen atoms in total. The van der Waals surface area contributed by atoms with Gasteiger partial charge in [-0.25, -0.2) is 4.57 Å². The van der Waals surface area contributed by atoms with Crippen LogP contribution >= 0.6 is 19.4 Å². The van der Waals surface area contributed by atoms with E-state index in [4.69, 9.17) is 20.6 Å². The number of alkyl halides is 1. The van der Waals surface area contributed by atoms with Crippen molar-refractivity contribution >= 4 is 19.4 Å². The summed E-state index contributed by atoms with van der Waals surface area (Å²) in [4.78, 5) is 9.60. The third-order valence-corrected chi connectivity index (χ3v) is 5.09. The van der Waals surface area contributed by atoms with Gasteiger partial charge in [-0.2, -0.15) is 0 Å². The normalized spacial score (nSPS) is 14.9. The van der Waals surface area contributed by atoms with Gasteiger partial charge in [0.05, 0.1) is 18.6 Å². The summed E-state index contributed by atoms with van der Waals surface area (Å²) in [6, 6.07) is 7.08. The number of phosphoric ester groups is 1. The van der Waals surface area contributed by atoms with E-state index in [-0.39, 0.29) is 18.2 Å². The fourth-order valence-corrected chi connectivity index (χ4v) is 3.28. The van der Waals surface area contributed by atoms with Crippen LogP contribution in [-0.4, -0.2) is 28.6 Å². The number of unbranched alkanes of at least 4 members (excludes halogenated alkanes) is 6. The largest absolute Gasteiger partial charge is 0.527 e. The molecule has 0 fully saturated rings. The van der Waals surface area contributed by atoms with Crippen LogP contribution in [0, 0.1) is 0 Å². The zero-order valence-electron chi connectivity index (χ0n) is 14.9. The predicted molar refractivity (Wildman–Crippen MR) is 101 cm³/mol. The Kier molecular flexibility index (Phi) is 11.4. The molecule has 25 heavy (non-hydrogen) atoms. The molecule has 7 heteroatoms. The lowest BCUT2D eigenvalue weighted by Crippen LogP contribution is -2.16.